The van der Waals surface area contributed by atoms with E-state index in [2.05, 4.69) is 59.4 Å². The highest BCUT2D eigenvalue weighted by Gasteiger charge is 2.45. The first-order valence-electron chi connectivity index (χ1n) is 32.0. The van der Waals surface area contributed by atoms with E-state index in [1.807, 2.05) is 27.7 Å². The number of carbonyl (C=O) groups is 1. The summed E-state index contributed by atoms with van der Waals surface area (Å²) < 4.78 is 166. The lowest BCUT2D eigenvalue weighted by molar-refractivity contribution is 0.0760. The molecule has 3 N–H and O–H groups in total. The fourth-order valence-electron chi connectivity index (χ4n) is 12.6. The summed E-state index contributed by atoms with van der Waals surface area (Å²) in [5.74, 6) is 0.956. The van der Waals surface area contributed by atoms with Crippen LogP contribution in [-0.4, -0.2) is 144 Å². The van der Waals surface area contributed by atoms with Crippen molar-refractivity contribution in [1.82, 2.24) is 59.7 Å². The highest BCUT2D eigenvalue weighted by Crippen LogP contribution is 2.44. The van der Waals surface area contributed by atoms with Crippen molar-refractivity contribution >= 4 is 51.7 Å². The van der Waals surface area contributed by atoms with E-state index in [9.17, 15) is 44.3 Å². The minimum atomic E-state index is -2.75. The number of hydrogen-bond acceptors (Lipinski definition) is 18. The first-order chi connectivity index (χ1) is 47.4. The molecule has 6 aromatic heterocycles. The maximum atomic E-state index is 14.2. The molecule has 1 amide bonds. The number of benzene rings is 3. The minimum Gasteiger partial charge on any atom is -0.493 e. The molecule has 6 aliphatic heterocycles. The van der Waals surface area contributed by atoms with E-state index in [1.165, 1.54) is 84.7 Å². The third-order valence-electron chi connectivity index (χ3n) is 18.4. The van der Waals surface area contributed by atoms with Crippen molar-refractivity contribution in [1.29, 1.82) is 0 Å². The van der Waals surface area contributed by atoms with Crippen molar-refractivity contribution in [2.75, 3.05) is 60.9 Å². The Morgan fingerprint density at radius 2 is 0.879 bits per heavy atom. The zero-order valence-electron chi connectivity index (χ0n) is 54.1. The second kappa shape index (κ2) is 25.8. The lowest BCUT2D eigenvalue weighted by Gasteiger charge is -2.37. The summed E-state index contributed by atoms with van der Waals surface area (Å²) in [6.07, 6.45) is 4.55. The third kappa shape index (κ3) is 13.3. The van der Waals surface area contributed by atoms with Gasteiger partial charge in [0.25, 0.3) is 25.2 Å². The Morgan fingerprint density at radius 1 is 0.495 bits per heavy atom. The van der Waals surface area contributed by atoms with E-state index in [0.29, 0.717) is 105 Å². The number of ether oxygens (including phenoxy) is 6. The Hall–Kier alpha value is -10.4. The molecular formula is C68H68F9N15O7. The number of hydrogen-bond donors (Lipinski definition) is 3. The van der Waals surface area contributed by atoms with Gasteiger partial charge in [-0.2, -0.15) is 15.3 Å². The van der Waals surface area contributed by atoms with Gasteiger partial charge in [0.15, 0.2) is 51.6 Å². The van der Waals surface area contributed by atoms with Gasteiger partial charge in [-0.3, -0.25) is 4.79 Å². The molecule has 1 saturated carbocycles. The summed E-state index contributed by atoms with van der Waals surface area (Å²) in [7, 11) is 0. The SMILES string of the molecule is C=C1NC(C)(C)CCOc2ccc(F)cc2CN2c3nc4c1cnn4cc3OC[C@H]2C(F)F.C=C1NC2(CCOc3ccc(F)cc3CN3c4nc5c1cnn5cc4OC[C@H]3C(F)F)CC2.CC1(C)CNC(=O)c2cnn3cc4c(nc23)N(Cc2cc(F)ccc2OC1)[C@H](C(F)F)CO4. The van der Waals surface area contributed by atoms with Crippen molar-refractivity contribution in [3.8, 4) is 34.5 Å². The van der Waals surface area contributed by atoms with E-state index in [4.69, 9.17) is 28.4 Å². The van der Waals surface area contributed by atoms with E-state index < -0.39 is 66.2 Å². The molecule has 99 heavy (non-hydrogen) atoms. The van der Waals surface area contributed by atoms with Gasteiger partial charge in [0.2, 0.25) is 0 Å². The lowest BCUT2D eigenvalue weighted by Crippen LogP contribution is -2.48. The predicted octanol–water partition coefficient (Wildman–Crippen LogP) is 10.8. The number of anilines is 3. The van der Waals surface area contributed by atoms with Gasteiger partial charge >= 0.3 is 0 Å². The smallest absolute Gasteiger partial charge is 0.261 e. The number of carbonyl (C=O) groups excluding carboxylic acids is 1. The average Bonchev–Trinajstić information content (AvgIpc) is 1.75. The highest BCUT2D eigenvalue weighted by atomic mass is 19.3. The zero-order chi connectivity index (χ0) is 69.4. The largest absolute Gasteiger partial charge is 0.493 e. The maximum Gasteiger partial charge on any atom is 0.261 e. The van der Waals surface area contributed by atoms with Crippen molar-refractivity contribution in [2.24, 2.45) is 5.41 Å². The Balaban J connectivity index is 0.000000127. The topological polar surface area (TPSA) is 209 Å². The van der Waals surface area contributed by atoms with Crippen LogP contribution in [0.2, 0.25) is 0 Å². The van der Waals surface area contributed by atoms with Crippen LogP contribution in [0.3, 0.4) is 0 Å². The van der Waals surface area contributed by atoms with Gasteiger partial charge in [-0.15, -0.1) is 0 Å². The molecule has 7 aliphatic rings. The van der Waals surface area contributed by atoms with Crippen LogP contribution in [-0.2, 0) is 19.6 Å². The van der Waals surface area contributed by atoms with Crippen LogP contribution in [0.15, 0.2) is 105 Å². The molecular weight excluding hydrogens is 1310 g/mol. The number of fused-ring (bicyclic) bond motifs is 3. The predicted molar refractivity (Wildman–Crippen MR) is 345 cm³/mol. The lowest BCUT2D eigenvalue weighted by atomic mass is 9.94. The monoisotopic (exact) mass is 1380 g/mol. The minimum absolute atomic E-state index is 0.00452. The summed E-state index contributed by atoms with van der Waals surface area (Å²) in [4.78, 5) is 31.0. The van der Waals surface area contributed by atoms with Crippen molar-refractivity contribution in [2.45, 2.75) is 121 Å². The number of amides is 1. The van der Waals surface area contributed by atoms with E-state index >= 15 is 0 Å². The second-order valence-electron chi connectivity index (χ2n) is 26.7. The number of nitrogens with one attached hydrogen (secondary N) is 3. The van der Waals surface area contributed by atoms with Crippen LogP contribution >= 0.6 is 0 Å². The van der Waals surface area contributed by atoms with E-state index in [1.54, 1.807) is 35.4 Å². The summed E-state index contributed by atoms with van der Waals surface area (Å²) >= 11 is 0. The van der Waals surface area contributed by atoms with E-state index in [-0.39, 0.29) is 91.6 Å². The van der Waals surface area contributed by atoms with Crippen molar-refractivity contribution in [3.63, 3.8) is 0 Å². The first-order valence-corrected chi connectivity index (χ1v) is 32.0. The zero-order valence-corrected chi connectivity index (χ0v) is 54.1. The van der Waals surface area contributed by atoms with Gasteiger partial charge in [0, 0.05) is 83.6 Å². The molecule has 1 fully saturated rings. The van der Waals surface area contributed by atoms with E-state index in [0.717, 1.165) is 19.3 Å². The van der Waals surface area contributed by atoms with Crippen LogP contribution < -0.4 is 59.1 Å². The van der Waals surface area contributed by atoms with Crippen LogP contribution in [0.4, 0.5) is 57.0 Å². The molecule has 16 rings (SSSR count). The molecule has 9 aromatic rings. The van der Waals surface area contributed by atoms with Crippen LogP contribution in [0.25, 0.3) is 28.3 Å². The molecule has 3 aromatic carbocycles. The number of rotatable bonds is 3. The van der Waals surface area contributed by atoms with Gasteiger partial charge in [-0.25, -0.2) is 68.0 Å². The molecule has 520 valence electrons. The highest BCUT2D eigenvalue weighted by molar-refractivity contribution is 6.00. The second-order valence-corrected chi connectivity index (χ2v) is 26.7. The van der Waals surface area contributed by atoms with Crippen LogP contribution in [0.1, 0.15) is 91.6 Å². The molecule has 1 aliphatic carbocycles. The van der Waals surface area contributed by atoms with Gasteiger partial charge in [0.05, 0.1) is 68.1 Å². The Bertz CT molecular complexity index is 4440. The van der Waals surface area contributed by atoms with Crippen molar-refractivity contribution in [3.05, 3.63) is 156 Å². The Morgan fingerprint density at radius 3 is 1.29 bits per heavy atom. The molecule has 3 atom stereocenters. The molecule has 6 bridgehead atoms. The van der Waals surface area contributed by atoms with Crippen molar-refractivity contribution < 1.29 is 72.7 Å². The molecule has 0 saturated heterocycles. The Labute approximate surface area is 560 Å². The number of halogens is 9. The fraction of sp³-hybridized carbons (Fsp3) is 0.397. The number of aromatic nitrogens is 9. The van der Waals surface area contributed by atoms with Gasteiger partial charge < -0.3 is 59.1 Å². The Kier molecular flexibility index (Phi) is 17.2. The summed E-state index contributed by atoms with van der Waals surface area (Å²) in [5, 5.41) is 22.6. The molecule has 1 spiro atoms. The third-order valence-corrected chi connectivity index (χ3v) is 18.4. The molecule has 22 nitrogen and oxygen atoms in total. The molecule has 31 heteroatoms. The molecule has 0 unspecified atom stereocenters. The standard InChI is InChI=1S/C23H22F3N5O2.C23H24F3N5O2.C22H22F3N5O3/c1-13-16-9-27-31-11-19-22(28-21(16)31)30(17(12-33-19)20(25)26)10-14-8-15(24)2-3-18(14)32-7-6-23(29-13)4-5-23;1-13-16-9-27-31-11-19-22(28-21(16)31)30(17(12-33-19)20(25)26)10-14-8-15(24)4-5-18(14)32-7-6-23(2,3)29-13;1-22(2)10-26-21(31)14-6-27-30-8-17-20(28-19(14)30)29(15(9-32-17)18(24)25)7-12-5-13(23)3-4-16(12)33-11-22/h2-3,8-9,11,17,20,29H,1,4-7,10,12H2;4-5,8-9,11,17,20,29H,1,6-7,10,12H2,2-3H3;3-6,8,15,18H,7,9-11H2,1-2H3,(H,26,31)/t2*17-;15-/m000/s1. The summed E-state index contributed by atoms with van der Waals surface area (Å²) in [6.45, 7) is 16.6. The molecule has 0 radical (unpaired) electrons. The normalized spacial score (nSPS) is 20.5. The first kappa shape index (κ1) is 65.9. The fourth-order valence-corrected chi connectivity index (χ4v) is 12.6. The summed E-state index contributed by atoms with van der Waals surface area (Å²) in [5.41, 5.74) is 4.33. The van der Waals surface area contributed by atoms with Gasteiger partial charge in [-0.1, -0.05) is 27.0 Å². The molecule has 12 heterocycles. The maximum absolute atomic E-state index is 14.2. The van der Waals surface area contributed by atoms with Crippen LogP contribution in [0, 0.1) is 22.9 Å². The number of nitrogens with zero attached hydrogens (tertiary/aromatic N) is 12. The summed E-state index contributed by atoms with van der Waals surface area (Å²) in [6, 6.07) is 8.50. The number of alkyl halides is 6. The van der Waals surface area contributed by atoms with Crippen LogP contribution in [0.5, 0.6) is 34.5 Å². The quantitative estimate of drug-likeness (QED) is 0.141. The average molecular weight is 1380 g/mol. The van der Waals surface area contributed by atoms with Gasteiger partial charge in [-0.05, 0) is 81.3 Å². The van der Waals surface area contributed by atoms with Gasteiger partial charge in [0.1, 0.15) is 78.2 Å².